The molecule has 2 aromatic rings. The van der Waals surface area contributed by atoms with E-state index in [1.54, 1.807) is 30.1 Å². The minimum absolute atomic E-state index is 0.221. The number of hydrogen-bond donors (Lipinski definition) is 1. The van der Waals surface area contributed by atoms with Gasteiger partial charge in [-0.15, -0.1) is 0 Å². The van der Waals surface area contributed by atoms with Crippen LogP contribution in [0, 0.1) is 11.3 Å². The van der Waals surface area contributed by atoms with Crippen molar-refractivity contribution in [3.8, 4) is 6.07 Å². The smallest absolute Gasteiger partial charge is 0.257 e. The van der Waals surface area contributed by atoms with Crippen molar-refractivity contribution in [1.82, 2.24) is 0 Å². The Morgan fingerprint density at radius 3 is 2.77 bits per heavy atom. The van der Waals surface area contributed by atoms with Crippen LogP contribution in [0.3, 0.4) is 0 Å². The second-order valence-corrected chi connectivity index (χ2v) is 9.08. The first kappa shape index (κ1) is 22.6. The second kappa shape index (κ2) is 10.3. The Kier molecular flexibility index (Phi) is 7.76. The van der Waals surface area contributed by atoms with Gasteiger partial charge in [-0.1, -0.05) is 36.5 Å². The maximum absolute atomic E-state index is 13.0. The number of carbonyl (C=O) groups excluding carboxylic acids is 1. The van der Waals surface area contributed by atoms with Crippen LogP contribution in [-0.2, 0) is 0 Å². The Labute approximate surface area is 192 Å². The van der Waals surface area contributed by atoms with Crippen molar-refractivity contribution >= 4 is 58.1 Å². The van der Waals surface area contributed by atoms with Gasteiger partial charge in [0, 0.05) is 43.0 Å². The van der Waals surface area contributed by atoms with Gasteiger partial charge in [0.25, 0.3) is 5.91 Å². The van der Waals surface area contributed by atoms with Crippen LogP contribution < -0.4 is 14.5 Å². The molecule has 0 aromatic heterocycles. The number of nitrogens with zero attached hydrogens (tertiary/aromatic N) is 3. The summed E-state index contributed by atoms with van der Waals surface area (Å²) < 4.78 is 2.12. The molecule has 0 aliphatic carbocycles. The molecule has 1 saturated heterocycles. The van der Waals surface area contributed by atoms with Gasteiger partial charge in [-0.25, -0.2) is 0 Å². The molecule has 0 unspecified atom stereocenters. The molecule has 3 rings (SSSR count). The molecule has 8 heteroatoms. The Bertz CT molecular complexity index is 970. The second-order valence-electron chi connectivity index (χ2n) is 7.19. The van der Waals surface area contributed by atoms with Gasteiger partial charge in [0.05, 0.1) is 27.2 Å². The third kappa shape index (κ3) is 5.34. The van der Waals surface area contributed by atoms with E-state index < -0.39 is 0 Å². The van der Waals surface area contributed by atoms with E-state index in [2.05, 4.69) is 27.5 Å². The molecule has 0 spiro atoms. The van der Waals surface area contributed by atoms with E-state index in [1.165, 1.54) is 0 Å². The zero-order valence-corrected chi connectivity index (χ0v) is 19.4. The number of unbranched alkanes of at least 4 members (excludes halogenated alkanes) is 1. The molecule has 0 radical (unpaired) electrons. The zero-order valence-electron chi connectivity index (χ0n) is 17.0. The maximum Gasteiger partial charge on any atom is 0.257 e. The van der Waals surface area contributed by atoms with Crippen molar-refractivity contribution in [2.75, 3.05) is 40.4 Å². The van der Waals surface area contributed by atoms with Crippen LogP contribution in [0.2, 0.25) is 10.0 Å². The van der Waals surface area contributed by atoms with E-state index in [1.807, 2.05) is 19.2 Å². The molecule has 1 aliphatic heterocycles. The highest BCUT2D eigenvalue weighted by atomic mass is 35.5. The van der Waals surface area contributed by atoms with Gasteiger partial charge in [0.1, 0.15) is 0 Å². The molecular weight excluding hydrogens is 439 g/mol. The van der Waals surface area contributed by atoms with Gasteiger partial charge in [0.2, 0.25) is 0 Å². The lowest BCUT2D eigenvalue weighted by Gasteiger charge is -2.21. The maximum atomic E-state index is 13.0. The summed E-state index contributed by atoms with van der Waals surface area (Å²) in [6.07, 6.45) is 3.21. The van der Waals surface area contributed by atoms with Crippen molar-refractivity contribution in [2.45, 2.75) is 26.2 Å². The van der Waals surface area contributed by atoms with E-state index in [0.29, 0.717) is 21.8 Å². The van der Waals surface area contributed by atoms with Crippen LogP contribution in [0.4, 0.5) is 17.1 Å². The molecule has 1 N–H and O–H groups in total. The van der Waals surface area contributed by atoms with Gasteiger partial charge in [-0.2, -0.15) is 5.26 Å². The van der Waals surface area contributed by atoms with E-state index in [9.17, 15) is 10.1 Å². The van der Waals surface area contributed by atoms with Crippen molar-refractivity contribution in [3.63, 3.8) is 0 Å². The van der Waals surface area contributed by atoms with Crippen molar-refractivity contribution in [1.29, 1.82) is 5.26 Å². The minimum atomic E-state index is -0.356. The van der Waals surface area contributed by atoms with Gasteiger partial charge in [0.15, 0.2) is 0 Å². The average Bonchev–Trinajstić information content (AvgIpc) is 3.28. The molecule has 158 valence electrons. The van der Waals surface area contributed by atoms with Crippen molar-refractivity contribution < 1.29 is 4.79 Å². The molecular formula is C22H24Cl2N4OS. The largest absolute Gasteiger partial charge is 0.375 e. The third-order valence-electron chi connectivity index (χ3n) is 4.89. The molecule has 30 heavy (non-hydrogen) atoms. The van der Waals surface area contributed by atoms with E-state index >= 15 is 0 Å². The molecule has 1 amide bonds. The lowest BCUT2D eigenvalue weighted by molar-refractivity contribution is 0.102. The van der Waals surface area contributed by atoms with Crippen LogP contribution in [0.5, 0.6) is 0 Å². The summed E-state index contributed by atoms with van der Waals surface area (Å²) in [6.45, 7) is 3.91. The van der Waals surface area contributed by atoms with Crippen molar-refractivity contribution in [3.05, 3.63) is 51.5 Å². The average molecular weight is 463 g/mol. The molecule has 0 bridgehead atoms. The fraction of sp³-hybridized carbons (Fsp3) is 0.364. The summed E-state index contributed by atoms with van der Waals surface area (Å²) in [5.74, 6) is 0.682. The number of nitrogens with one attached hydrogen (secondary N) is 1. The number of halogens is 2. The van der Waals surface area contributed by atoms with Crippen LogP contribution in [0.1, 0.15) is 42.1 Å². The number of benzene rings is 2. The van der Waals surface area contributed by atoms with Gasteiger partial charge >= 0.3 is 0 Å². The summed E-state index contributed by atoms with van der Waals surface area (Å²) in [5, 5.41) is 12.9. The third-order valence-corrected chi connectivity index (χ3v) is 6.87. The predicted molar refractivity (Wildman–Crippen MR) is 128 cm³/mol. The standard InChI is InChI=1S/C22H24Cl2N4OS/c1-3-4-6-27(2)17-10-15(14-25)9-16(11-17)26-22(29)19-12-18(13-20(23)21(19)24)28-7-5-8-30-28/h9-13H,3-8H2,1-2H3,(H,26,29). The van der Waals surface area contributed by atoms with Crippen LogP contribution >= 0.6 is 35.1 Å². The van der Waals surface area contributed by atoms with Gasteiger partial charge in [-0.05, 0) is 55.1 Å². The minimum Gasteiger partial charge on any atom is -0.375 e. The van der Waals surface area contributed by atoms with Crippen molar-refractivity contribution in [2.24, 2.45) is 0 Å². The van der Waals surface area contributed by atoms with Crippen LogP contribution in [0.25, 0.3) is 0 Å². The molecule has 0 atom stereocenters. The number of amides is 1. The molecule has 2 aromatic carbocycles. The first-order valence-corrected chi connectivity index (χ1v) is 11.6. The molecule has 0 saturated carbocycles. The topological polar surface area (TPSA) is 59.4 Å². The fourth-order valence-corrected chi connectivity index (χ4v) is 4.63. The summed E-state index contributed by atoms with van der Waals surface area (Å²) in [4.78, 5) is 15.1. The number of anilines is 3. The van der Waals surface area contributed by atoms with E-state index in [0.717, 1.165) is 49.5 Å². The number of hydrogen-bond acceptors (Lipinski definition) is 5. The molecule has 5 nitrogen and oxygen atoms in total. The molecule has 1 fully saturated rings. The first-order chi connectivity index (χ1) is 14.4. The number of carbonyl (C=O) groups is 1. The lowest BCUT2D eigenvalue weighted by Crippen LogP contribution is -2.19. The Balaban J connectivity index is 1.87. The van der Waals surface area contributed by atoms with Gasteiger partial charge in [-0.3, -0.25) is 4.79 Å². The lowest BCUT2D eigenvalue weighted by atomic mass is 10.1. The number of rotatable bonds is 7. The summed E-state index contributed by atoms with van der Waals surface area (Å²) in [6, 6.07) is 11.1. The fourth-order valence-electron chi connectivity index (χ4n) is 3.23. The van der Waals surface area contributed by atoms with Crippen LogP contribution in [0.15, 0.2) is 30.3 Å². The predicted octanol–water partition coefficient (Wildman–Crippen LogP) is 6.21. The highest BCUT2D eigenvalue weighted by molar-refractivity contribution is 8.00. The quantitative estimate of drug-likeness (QED) is 0.495. The molecule has 1 heterocycles. The highest BCUT2D eigenvalue weighted by Gasteiger charge is 2.20. The van der Waals surface area contributed by atoms with Gasteiger partial charge < -0.3 is 14.5 Å². The first-order valence-electron chi connectivity index (χ1n) is 9.90. The van der Waals surface area contributed by atoms with Crippen LogP contribution in [-0.4, -0.2) is 31.8 Å². The highest BCUT2D eigenvalue weighted by Crippen LogP contribution is 2.36. The van der Waals surface area contributed by atoms with E-state index in [-0.39, 0.29) is 10.9 Å². The molecule has 1 aliphatic rings. The Hall–Kier alpha value is -2.07. The SMILES string of the molecule is CCCCN(C)c1cc(C#N)cc(NC(=O)c2cc(N3CCCS3)cc(Cl)c2Cl)c1. The zero-order chi connectivity index (χ0) is 21.7. The normalized spacial score (nSPS) is 13.2. The summed E-state index contributed by atoms with van der Waals surface area (Å²) >= 11 is 14.4. The Morgan fingerprint density at radius 1 is 1.30 bits per heavy atom. The monoisotopic (exact) mass is 462 g/mol. The Morgan fingerprint density at radius 2 is 2.10 bits per heavy atom. The summed E-state index contributed by atoms with van der Waals surface area (Å²) in [5.41, 5.74) is 3.09. The number of nitriles is 1. The van der Waals surface area contributed by atoms with E-state index in [4.69, 9.17) is 23.2 Å². The summed E-state index contributed by atoms with van der Waals surface area (Å²) in [7, 11) is 1.98.